The van der Waals surface area contributed by atoms with Crippen molar-refractivity contribution in [3.05, 3.63) is 82.0 Å². The van der Waals surface area contributed by atoms with Crippen molar-refractivity contribution in [2.45, 2.75) is 115 Å². The third kappa shape index (κ3) is 7.65. The molecule has 1 aromatic heterocycles. The molecule has 5 aliphatic carbocycles. The minimum atomic E-state index is -0.960. The summed E-state index contributed by atoms with van der Waals surface area (Å²) in [5, 5.41) is 27.1. The molecule has 9 aliphatic rings. The number of esters is 2. The van der Waals surface area contributed by atoms with E-state index in [9.17, 15) is 29.4 Å². The first-order chi connectivity index (χ1) is 29.6. The topological polar surface area (TPSA) is 167 Å². The molecule has 0 radical (unpaired) electrons. The van der Waals surface area contributed by atoms with Gasteiger partial charge in [0.25, 0.3) is 11.8 Å². The van der Waals surface area contributed by atoms with Crippen LogP contribution >= 0.6 is 21.6 Å². The number of allylic oxidation sites excluding steroid dienone is 4. The Kier molecular flexibility index (Phi) is 12.2. The van der Waals surface area contributed by atoms with Gasteiger partial charge in [-0.05, 0) is 130 Å². The number of amides is 2. The fourth-order valence-corrected chi connectivity index (χ4v) is 14.7. The zero-order valence-corrected chi connectivity index (χ0v) is 36.8. The molecule has 4 aliphatic heterocycles. The van der Waals surface area contributed by atoms with E-state index in [1.54, 1.807) is 34.7 Å². The molecular weight excluding hydrogens is 813 g/mol. The van der Waals surface area contributed by atoms with Crippen LogP contribution in [0.15, 0.2) is 76.4 Å². The fourth-order valence-electron chi connectivity index (χ4n) is 12.2. The average molecular weight is 871 g/mol. The van der Waals surface area contributed by atoms with Crippen molar-refractivity contribution < 1.29 is 38.9 Å². The summed E-state index contributed by atoms with van der Waals surface area (Å²) in [6.45, 7) is 4.53. The Labute approximate surface area is 365 Å². The maximum absolute atomic E-state index is 15.0. The zero-order valence-electron chi connectivity index (χ0n) is 35.2. The predicted molar refractivity (Wildman–Crippen MR) is 234 cm³/mol. The lowest BCUT2D eigenvalue weighted by atomic mass is 9.43. The van der Waals surface area contributed by atoms with Crippen LogP contribution in [0.3, 0.4) is 0 Å². The summed E-state index contributed by atoms with van der Waals surface area (Å²) in [6, 6.07) is 3.89. The molecule has 7 bridgehead atoms. The Bertz CT molecular complexity index is 2100. The normalized spacial score (nSPS) is 33.7. The third-order valence-electron chi connectivity index (χ3n) is 15.1. The van der Waals surface area contributed by atoms with Crippen molar-refractivity contribution in [1.29, 1.82) is 0 Å². The molecule has 1 aromatic rings. The number of carbonyl (C=O) groups excluding carboxylic acids is 4. The molecule has 326 valence electrons. The quantitative estimate of drug-likeness (QED) is 0.0764. The van der Waals surface area contributed by atoms with Gasteiger partial charge in [-0.1, -0.05) is 47.8 Å². The van der Waals surface area contributed by atoms with Crippen molar-refractivity contribution in [1.82, 2.24) is 15.2 Å². The van der Waals surface area contributed by atoms with Gasteiger partial charge in [0.1, 0.15) is 17.3 Å². The minimum Gasteiger partial charge on any atom is -0.427 e. The summed E-state index contributed by atoms with van der Waals surface area (Å²) in [5.74, 6) is -0.0205. The maximum atomic E-state index is 15.0. The number of aromatic nitrogens is 1. The van der Waals surface area contributed by atoms with Crippen LogP contribution in [0.25, 0.3) is 0 Å². The molecule has 0 aromatic carbocycles. The fraction of sp³-hybridized carbons (Fsp3) is 0.596. The molecule has 1 spiro atoms. The van der Waals surface area contributed by atoms with E-state index in [1.165, 1.54) is 17.1 Å². The number of cyclic esters (lactones) is 1. The van der Waals surface area contributed by atoms with Crippen molar-refractivity contribution >= 4 is 51.2 Å². The number of rotatable bonds is 11. The first-order valence-electron chi connectivity index (χ1n) is 22.5. The first kappa shape index (κ1) is 42.6. The zero-order chi connectivity index (χ0) is 42.5. The highest BCUT2D eigenvalue weighted by molar-refractivity contribution is 8.76. The number of aliphatic hydroxyl groups excluding tert-OH is 2. The maximum Gasteiger partial charge on any atom is 0.340 e. The summed E-state index contributed by atoms with van der Waals surface area (Å²) in [5.41, 5.74) is 3.02. The summed E-state index contributed by atoms with van der Waals surface area (Å²) >= 11 is 0. The van der Waals surface area contributed by atoms with E-state index in [0.717, 1.165) is 74.5 Å². The lowest BCUT2D eigenvalue weighted by Gasteiger charge is -2.57. The van der Waals surface area contributed by atoms with E-state index in [1.807, 2.05) is 12.1 Å². The molecule has 3 fully saturated rings. The molecule has 4 N–H and O–H groups in total. The predicted octanol–water partition coefficient (Wildman–Crippen LogP) is 7.20. The van der Waals surface area contributed by atoms with Crippen LogP contribution in [0.4, 0.5) is 5.82 Å². The second-order valence-corrected chi connectivity index (χ2v) is 20.9. The molecule has 12 nitrogen and oxygen atoms in total. The van der Waals surface area contributed by atoms with Gasteiger partial charge in [-0.2, -0.15) is 0 Å². The molecule has 10 rings (SSSR count). The number of hydrogen-bond donors (Lipinski definition) is 4. The monoisotopic (exact) mass is 870 g/mol. The molecular formula is C47H58N4O8S2. The largest absolute Gasteiger partial charge is 0.427 e. The van der Waals surface area contributed by atoms with Gasteiger partial charge in [0, 0.05) is 61.0 Å². The number of aliphatic hydroxyl groups is 2. The number of hydrogen-bond acceptors (Lipinski definition) is 13. The Hall–Kier alpha value is -3.69. The molecule has 8 atom stereocenters. The highest BCUT2D eigenvalue weighted by Gasteiger charge is 2.69. The van der Waals surface area contributed by atoms with Crippen LogP contribution in [0.5, 0.6) is 0 Å². The van der Waals surface area contributed by atoms with Gasteiger partial charge >= 0.3 is 11.9 Å². The van der Waals surface area contributed by atoms with Crippen molar-refractivity contribution in [3.63, 3.8) is 0 Å². The number of pyridine rings is 1. The van der Waals surface area contributed by atoms with Crippen molar-refractivity contribution in [3.8, 4) is 0 Å². The number of fused-ring (bicyclic) bond motifs is 3. The summed E-state index contributed by atoms with van der Waals surface area (Å²) in [6.07, 6.45) is 19.3. The van der Waals surface area contributed by atoms with Crippen LogP contribution in [-0.4, -0.2) is 80.9 Å². The second kappa shape index (κ2) is 17.5. The van der Waals surface area contributed by atoms with E-state index in [-0.39, 0.29) is 65.4 Å². The van der Waals surface area contributed by atoms with E-state index < -0.39 is 23.4 Å². The number of imide groups is 1. The van der Waals surface area contributed by atoms with Gasteiger partial charge in [-0.3, -0.25) is 14.5 Å². The Balaban J connectivity index is 1.24. The Morgan fingerprint density at radius 3 is 2.64 bits per heavy atom. The molecule has 0 unspecified atom stereocenters. The molecule has 2 saturated carbocycles. The van der Waals surface area contributed by atoms with Gasteiger partial charge in [0.2, 0.25) is 0 Å². The number of nitrogens with zero attached hydrogens (tertiary/aromatic N) is 2. The lowest BCUT2D eigenvalue weighted by Crippen LogP contribution is -2.53. The number of ether oxygens (including phenoxy) is 2. The van der Waals surface area contributed by atoms with E-state index >= 15 is 0 Å². The van der Waals surface area contributed by atoms with Crippen LogP contribution in [-0.2, 0) is 28.7 Å². The van der Waals surface area contributed by atoms with Gasteiger partial charge in [0.15, 0.2) is 0 Å². The number of anilines is 1. The Morgan fingerprint density at radius 1 is 1.08 bits per heavy atom. The van der Waals surface area contributed by atoms with Crippen molar-refractivity contribution in [2.75, 3.05) is 30.9 Å². The SMILES string of the molecule is CCC1(/C=C2\OC(=O)C3=C2CC[C@H]2[C@@H]4CC[C@@]5(C6=C4[C@@H](CN4C(=O)C=CC4=O)c4ccnc(c4)NCSS[C@@H](NC[C@H](C)O)[C@H](CCCCO)C/C=C\5OC6=O)[C@@H]32)CCCC1. The van der Waals surface area contributed by atoms with E-state index in [4.69, 9.17) is 9.47 Å². The van der Waals surface area contributed by atoms with Gasteiger partial charge in [-0.15, -0.1) is 0 Å². The van der Waals surface area contributed by atoms with Crippen LogP contribution in [0.1, 0.15) is 109 Å². The van der Waals surface area contributed by atoms with Gasteiger partial charge < -0.3 is 30.3 Å². The number of carbonyl (C=O) groups is 4. The summed E-state index contributed by atoms with van der Waals surface area (Å²) < 4.78 is 12.9. The van der Waals surface area contributed by atoms with Crippen LogP contribution < -0.4 is 10.6 Å². The molecule has 2 amide bonds. The third-order valence-corrected chi connectivity index (χ3v) is 17.6. The van der Waals surface area contributed by atoms with E-state index in [2.05, 4.69) is 34.7 Å². The average Bonchev–Trinajstić information content (AvgIpc) is 4.02. The Morgan fingerprint density at radius 2 is 1.89 bits per heavy atom. The van der Waals surface area contributed by atoms with Gasteiger partial charge in [-0.25, -0.2) is 14.6 Å². The second-order valence-electron chi connectivity index (χ2n) is 18.4. The van der Waals surface area contributed by atoms with E-state index in [0.29, 0.717) is 66.6 Å². The summed E-state index contributed by atoms with van der Waals surface area (Å²) in [7, 11) is 3.32. The van der Waals surface area contributed by atoms with Crippen LogP contribution in [0.2, 0.25) is 0 Å². The summed E-state index contributed by atoms with van der Waals surface area (Å²) in [4.78, 5) is 62.0. The first-order valence-corrected chi connectivity index (χ1v) is 24.9. The highest BCUT2D eigenvalue weighted by atomic mass is 33.1. The number of unbranched alkanes of at least 4 members (excludes halogenated alkanes) is 1. The standard InChI is InChI=1S/C47H58N4O8S2/c1-3-46(17-5-6-18-46)23-34-32-11-10-31-30-15-19-47(41(31)40(32)44(56)58-34)35-12-9-28(8-4-7-21-52)43(49-24-27(2)53)61-60-26-50-36-22-29(16-20-48-36)33(39(30)42(47)45(57)59-35)25-51-37(54)13-14-38(51)55/h12-14,16,20,22-23,27-28,30-31,33,41,43,49,52-53H,3-11,15,17-19,21,24-26H2,1-2H3,(H,48,50)/b34-23-,35-12+/t27-,28+,30-,31-,33-,41+,43+,47-/m0/s1. The molecule has 14 heteroatoms. The minimum absolute atomic E-state index is 0.00157. The highest BCUT2D eigenvalue weighted by Crippen LogP contribution is 2.72. The van der Waals surface area contributed by atoms with Gasteiger partial charge in [0.05, 0.1) is 28.3 Å². The number of nitrogens with one attached hydrogen (secondary N) is 2. The molecule has 61 heavy (non-hydrogen) atoms. The smallest absolute Gasteiger partial charge is 0.340 e. The molecule has 1 saturated heterocycles. The molecule has 5 heterocycles. The van der Waals surface area contributed by atoms with Crippen LogP contribution in [0, 0.1) is 34.5 Å². The van der Waals surface area contributed by atoms with Crippen molar-refractivity contribution in [2.24, 2.45) is 34.5 Å². The lowest BCUT2D eigenvalue weighted by molar-refractivity contribution is -0.137.